The van der Waals surface area contributed by atoms with Gasteiger partial charge in [0.1, 0.15) is 12.1 Å². The largest absolute Gasteiger partial charge is 0.495 e. The van der Waals surface area contributed by atoms with Crippen molar-refractivity contribution in [2.75, 3.05) is 24.4 Å². The van der Waals surface area contributed by atoms with Gasteiger partial charge in [-0.3, -0.25) is 9.36 Å². The first kappa shape index (κ1) is 21.2. The maximum Gasteiger partial charge on any atom is 0.233 e. The highest BCUT2D eigenvalue weighted by Crippen LogP contribution is 2.31. The third-order valence-corrected chi connectivity index (χ3v) is 8.47. The molecule has 1 aromatic heterocycles. The Balaban J connectivity index is 1.50. The topological polar surface area (TPSA) is 94.4 Å². The lowest BCUT2D eigenvalue weighted by molar-refractivity contribution is -0.132. The molecular formula is C20H26N4O4S2. The number of nitrogens with zero attached hydrogens (tertiary/aromatic N) is 4. The number of ether oxygens (including phenoxy) is 1. The van der Waals surface area contributed by atoms with E-state index in [0.29, 0.717) is 17.3 Å². The minimum Gasteiger partial charge on any atom is -0.495 e. The molecular weight excluding hydrogens is 424 g/mol. The lowest BCUT2D eigenvalue weighted by Crippen LogP contribution is -2.47. The molecule has 8 nitrogen and oxygen atoms in total. The summed E-state index contributed by atoms with van der Waals surface area (Å²) in [5, 5.41) is 8.77. The van der Waals surface area contributed by atoms with Gasteiger partial charge < -0.3 is 9.64 Å². The van der Waals surface area contributed by atoms with Crippen LogP contribution in [-0.4, -0.2) is 70.4 Å². The highest BCUT2D eigenvalue weighted by atomic mass is 32.2. The van der Waals surface area contributed by atoms with Crippen molar-refractivity contribution in [3.8, 4) is 11.4 Å². The molecule has 162 valence electrons. The predicted molar refractivity (Wildman–Crippen MR) is 115 cm³/mol. The van der Waals surface area contributed by atoms with Gasteiger partial charge in [-0.1, -0.05) is 36.7 Å². The van der Waals surface area contributed by atoms with E-state index in [0.717, 1.165) is 31.4 Å². The number of carbonyl (C=O) groups is 1. The number of methoxy groups -OCH3 is 1. The molecule has 2 heterocycles. The van der Waals surface area contributed by atoms with E-state index in [1.165, 1.54) is 11.8 Å². The zero-order chi connectivity index (χ0) is 21.1. The number of rotatable bonds is 7. The van der Waals surface area contributed by atoms with E-state index in [1.807, 2.05) is 29.2 Å². The Labute approximate surface area is 180 Å². The van der Waals surface area contributed by atoms with Gasteiger partial charge in [-0.25, -0.2) is 8.42 Å². The average Bonchev–Trinajstić information content (AvgIpc) is 3.48. The molecule has 1 aliphatic carbocycles. The number of amides is 1. The van der Waals surface area contributed by atoms with E-state index in [4.69, 9.17) is 4.74 Å². The summed E-state index contributed by atoms with van der Waals surface area (Å²) in [6.45, 7) is 0. The van der Waals surface area contributed by atoms with E-state index in [-0.39, 0.29) is 35.2 Å². The molecule has 30 heavy (non-hydrogen) atoms. The number of benzene rings is 1. The number of carbonyl (C=O) groups excluding carboxylic acids is 1. The van der Waals surface area contributed by atoms with Gasteiger partial charge in [0.25, 0.3) is 0 Å². The Hall–Kier alpha value is -2.07. The molecule has 0 N–H and O–H groups in total. The quantitative estimate of drug-likeness (QED) is 0.598. The van der Waals surface area contributed by atoms with Crippen LogP contribution in [0.5, 0.6) is 5.75 Å². The predicted octanol–water partition coefficient (Wildman–Crippen LogP) is 2.33. The number of thioether (sulfide) groups is 1. The van der Waals surface area contributed by atoms with Crippen LogP contribution in [0.1, 0.15) is 32.1 Å². The zero-order valence-corrected chi connectivity index (χ0v) is 18.6. The first-order chi connectivity index (χ1) is 14.5. The first-order valence-corrected chi connectivity index (χ1v) is 13.0. The highest BCUT2D eigenvalue weighted by molar-refractivity contribution is 7.99. The summed E-state index contributed by atoms with van der Waals surface area (Å²) in [5.41, 5.74) is 0.800. The molecule has 0 radical (unpaired) electrons. The van der Waals surface area contributed by atoms with Gasteiger partial charge in [0.15, 0.2) is 15.0 Å². The Morgan fingerprint density at radius 3 is 2.70 bits per heavy atom. The summed E-state index contributed by atoms with van der Waals surface area (Å²) in [6.07, 6.45) is 6.21. The molecule has 1 amide bonds. The standard InChI is InChI=1S/C20H26N4O4S2/c1-28-18-9-5-4-8-17(18)23-14-21-22-20(23)29-12-19(25)24(15-6-2-3-7-15)16-10-11-30(26,27)13-16/h4-5,8-9,14-16H,2-3,6-7,10-13H2,1H3. The molecule has 2 aliphatic rings. The van der Waals surface area contributed by atoms with Crippen molar-refractivity contribution in [1.82, 2.24) is 19.7 Å². The van der Waals surface area contributed by atoms with Crippen LogP contribution >= 0.6 is 11.8 Å². The molecule has 1 aromatic carbocycles. The Kier molecular flexibility index (Phi) is 6.33. The lowest BCUT2D eigenvalue weighted by atomic mass is 10.1. The Morgan fingerprint density at radius 2 is 2.00 bits per heavy atom. The highest BCUT2D eigenvalue weighted by Gasteiger charge is 2.39. The molecule has 2 fully saturated rings. The van der Waals surface area contributed by atoms with E-state index in [1.54, 1.807) is 18.0 Å². The van der Waals surface area contributed by atoms with Crippen LogP contribution in [0.25, 0.3) is 5.69 Å². The summed E-state index contributed by atoms with van der Waals surface area (Å²) < 4.78 is 31.3. The molecule has 4 rings (SSSR count). The number of sulfone groups is 1. The van der Waals surface area contributed by atoms with Crippen LogP contribution in [0.15, 0.2) is 35.7 Å². The van der Waals surface area contributed by atoms with E-state index in [9.17, 15) is 13.2 Å². The van der Waals surface area contributed by atoms with Gasteiger partial charge in [0.05, 0.1) is 30.1 Å². The fraction of sp³-hybridized carbons (Fsp3) is 0.550. The van der Waals surface area contributed by atoms with Gasteiger partial charge in [0.2, 0.25) is 5.91 Å². The molecule has 2 aromatic rings. The number of hydrogen-bond acceptors (Lipinski definition) is 7. The molecule has 1 atom stereocenters. The van der Waals surface area contributed by atoms with Crippen LogP contribution in [0.2, 0.25) is 0 Å². The van der Waals surface area contributed by atoms with Crippen LogP contribution < -0.4 is 4.74 Å². The van der Waals surface area contributed by atoms with E-state index in [2.05, 4.69) is 10.2 Å². The summed E-state index contributed by atoms with van der Waals surface area (Å²) >= 11 is 1.31. The van der Waals surface area contributed by atoms with Crippen LogP contribution in [0.3, 0.4) is 0 Å². The summed E-state index contributed by atoms with van der Waals surface area (Å²) in [7, 11) is -1.45. The van der Waals surface area contributed by atoms with Crippen molar-refractivity contribution >= 4 is 27.5 Å². The van der Waals surface area contributed by atoms with Gasteiger partial charge in [-0.2, -0.15) is 0 Å². The second-order valence-electron chi connectivity index (χ2n) is 7.74. The Bertz CT molecular complexity index is 1000. The molecule has 0 spiro atoms. The number of hydrogen-bond donors (Lipinski definition) is 0. The third kappa shape index (κ3) is 4.49. The third-order valence-electron chi connectivity index (χ3n) is 5.79. The van der Waals surface area contributed by atoms with Crippen molar-refractivity contribution in [3.63, 3.8) is 0 Å². The van der Waals surface area contributed by atoms with E-state index >= 15 is 0 Å². The molecule has 1 saturated heterocycles. The fourth-order valence-electron chi connectivity index (χ4n) is 4.40. The number of aromatic nitrogens is 3. The van der Waals surface area contributed by atoms with Crippen molar-refractivity contribution in [3.05, 3.63) is 30.6 Å². The first-order valence-electron chi connectivity index (χ1n) is 10.2. The molecule has 0 bridgehead atoms. The van der Waals surface area contributed by atoms with Gasteiger partial charge in [-0.15, -0.1) is 10.2 Å². The lowest BCUT2D eigenvalue weighted by Gasteiger charge is -2.34. The fourth-order valence-corrected chi connectivity index (χ4v) is 6.90. The van der Waals surface area contributed by atoms with Gasteiger partial charge in [0, 0.05) is 12.1 Å². The monoisotopic (exact) mass is 450 g/mol. The van der Waals surface area contributed by atoms with Crippen LogP contribution in [0.4, 0.5) is 0 Å². The van der Waals surface area contributed by atoms with Crippen LogP contribution in [-0.2, 0) is 14.6 Å². The maximum atomic E-state index is 13.2. The summed E-state index contributed by atoms with van der Waals surface area (Å²) in [4.78, 5) is 15.1. The smallest absolute Gasteiger partial charge is 0.233 e. The minimum absolute atomic E-state index is 0.0245. The molecule has 1 unspecified atom stereocenters. The zero-order valence-electron chi connectivity index (χ0n) is 16.9. The second-order valence-corrected chi connectivity index (χ2v) is 10.9. The summed E-state index contributed by atoms with van der Waals surface area (Å²) in [5.74, 6) is 1.11. The van der Waals surface area contributed by atoms with Gasteiger partial charge in [-0.05, 0) is 31.4 Å². The number of para-hydroxylation sites is 2. The van der Waals surface area contributed by atoms with Gasteiger partial charge >= 0.3 is 0 Å². The van der Waals surface area contributed by atoms with Crippen molar-refractivity contribution < 1.29 is 17.9 Å². The SMILES string of the molecule is COc1ccccc1-n1cnnc1SCC(=O)N(C1CCCC1)C1CCS(=O)(=O)C1. The van der Waals surface area contributed by atoms with Crippen molar-refractivity contribution in [2.24, 2.45) is 0 Å². The second kappa shape index (κ2) is 8.97. The average molecular weight is 451 g/mol. The normalized spacial score (nSPS) is 21.0. The van der Waals surface area contributed by atoms with E-state index < -0.39 is 9.84 Å². The molecule has 10 heteroatoms. The molecule has 1 saturated carbocycles. The summed E-state index contributed by atoms with van der Waals surface area (Å²) in [6, 6.07) is 7.49. The van der Waals surface area contributed by atoms with Crippen molar-refractivity contribution in [1.29, 1.82) is 0 Å². The molecule has 1 aliphatic heterocycles. The maximum absolute atomic E-state index is 13.2. The minimum atomic E-state index is -3.05. The Morgan fingerprint density at radius 1 is 1.23 bits per heavy atom. The van der Waals surface area contributed by atoms with Crippen LogP contribution in [0, 0.1) is 0 Å². The van der Waals surface area contributed by atoms with Crippen molar-refractivity contribution in [2.45, 2.75) is 49.3 Å².